The maximum absolute atomic E-state index is 3.77. The Morgan fingerprint density at radius 2 is 0.690 bits per heavy atom. The number of pyridine rings is 1. The minimum absolute atomic E-state index is 0. The summed E-state index contributed by atoms with van der Waals surface area (Å²) in [6.07, 6.45) is 5.38. The topological polar surface area (TPSA) is 67.0 Å². The first-order chi connectivity index (χ1) is 19.3. The average molecular weight is 631 g/mol. The van der Waals surface area contributed by atoms with Crippen molar-refractivity contribution in [2.24, 2.45) is 0 Å². The number of nitrogens with one attached hydrogen (secondary N) is 4. The predicted octanol–water partition coefficient (Wildman–Crippen LogP) is 5.00. The summed E-state index contributed by atoms with van der Waals surface area (Å²) in [6, 6.07) is 24.1. The van der Waals surface area contributed by atoms with E-state index in [9.17, 15) is 0 Å². The van der Waals surface area contributed by atoms with E-state index in [1.807, 2.05) is 6.07 Å². The Balaban J connectivity index is 0.000000349. The molecule has 6 heterocycles. The highest BCUT2D eigenvalue weighted by atomic mass is 79.9. The Hall–Kier alpha value is -3.25. The number of aryl methyl sites for hydroxylation is 1. The van der Waals surface area contributed by atoms with Gasteiger partial charge in [0.25, 0.3) is 0 Å². The molecule has 1 aliphatic rings. The van der Waals surface area contributed by atoms with Gasteiger partial charge in [0, 0.05) is 85.8 Å². The molecule has 0 atom stereocenters. The van der Waals surface area contributed by atoms with Crippen molar-refractivity contribution in [3.8, 4) is 0 Å². The lowest BCUT2D eigenvalue weighted by Gasteiger charge is -2.28. The molecule has 8 bridgehead atoms. The lowest BCUT2D eigenvalue weighted by molar-refractivity contribution is -0.697. The van der Waals surface area contributed by atoms with Crippen molar-refractivity contribution in [1.29, 1.82) is 0 Å². The minimum Gasteiger partial charge on any atom is -1.00 e. The first kappa shape index (κ1) is 31.7. The normalized spacial score (nSPS) is 17.5. The highest BCUT2D eigenvalue weighted by Crippen LogP contribution is 2.40. The molecule has 0 saturated heterocycles. The Bertz CT molecular complexity index is 1320. The zero-order valence-corrected chi connectivity index (χ0v) is 28.3. The molecule has 6 heteroatoms. The van der Waals surface area contributed by atoms with Crippen LogP contribution in [-0.2, 0) is 28.2 Å². The van der Waals surface area contributed by atoms with E-state index in [1.54, 1.807) is 0 Å². The summed E-state index contributed by atoms with van der Waals surface area (Å²) >= 11 is 0. The standard InChI is InChI=1S/C28H36N4.C8H12N.BrH/c1-25(2)17-9-11-19(29-17)26(3,4)21-13-15-23(31-21)28(7,8)24-16-14-22(32-24)27(5,6)20-12-10-18(25)30-20;1-2-6-9-7-4-3-5-8-9;/h9-16,29-32H,1-8H3;3-5,7-8H,2,6H2,1H3;1H/q;+1;/p-1. The summed E-state index contributed by atoms with van der Waals surface area (Å²) in [4.78, 5) is 15.1. The third-order valence-corrected chi connectivity index (χ3v) is 9.39. The fourth-order valence-electron chi connectivity index (χ4n) is 5.92. The van der Waals surface area contributed by atoms with Gasteiger partial charge in [0.1, 0.15) is 6.54 Å². The van der Waals surface area contributed by atoms with Gasteiger partial charge in [-0.2, -0.15) is 0 Å². The van der Waals surface area contributed by atoms with Gasteiger partial charge in [-0.3, -0.25) is 0 Å². The number of aromatic amines is 4. The van der Waals surface area contributed by atoms with E-state index in [2.05, 4.69) is 160 Å². The fourth-order valence-corrected chi connectivity index (χ4v) is 5.92. The lowest BCUT2D eigenvalue weighted by Crippen LogP contribution is -3.00. The van der Waals surface area contributed by atoms with Gasteiger partial charge in [-0.05, 0) is 104 Å². The van der Waals surface area contributed by atoms with Gasteiger partial charge in [0.2, 0.25) is 0 Å². The molecule has 6 rings (SSSR count). The molecular formula is C36H48BrN5. The van der Waals surface area contributed by atoms with E-state index in [-0.39, 0.29) is 38.6 Å². The van der Waals surface area contributed by atoms with Gasteiger partial charge < -0.3 is 36.9 Å². The maximum atomic E-state index is 3.77. The van der Waals surface area contributed by atoms with Crippen LogP contribution in [0.3, 0.4) is 0 Å². The summed E-state index contributed by atoms with van der Waals surface area (Å²) in [7, 11) is 0. The van der Waals surface area contributed by atoms with Crippen LogP contribution in [0.4, 0.5) is 0 Å². The molecule has 224 valence electrons. The van der Waals surface area contributed by atoms with Crippen LogP contribution in [0.25, 0.3) is 0 Å². The SMILES string of the molecule is CC1(C)c2ccc([nH]2)C(C)(C)c2ccc([nH]2)C(C)(C)c2ccc([nH]2)C(C)(C)c2ccc1[nH]2.CCC[n+]1ccccc1.[Br-]. The van der Waals surface area contributed by atoms with Gasteiger partial charge in [-0.15, -0.1) is 0 Å². The third-order valence-electron chi connectivity index (χ3n) is 9.39. The molecule has 1 aliphatic heterocycles. The number of hydrogen-bond donors (Lipinski definition) is 4. The van der Waals surface area contributed by atoms with E-state index < -0.39 is 0 Å². The van der Waals surface area contributed by atoms with Crippen LogP contribution in [0.5, 0.6) is 0 Å². The molecule has 5 aromatic rings. The molecule has 0 amide bonds. The molecule has 0 spiro atoms. The van der Waals surface area contributed by atoms with Gasteiger partial charge in [-0.1, -0.05) is 13.0 Å². The number of hydrogen-bond acceptors (Lipinski definition) is 0. The number of halogens is 1. The second-order valence-electron chi connectivity index (χ2n) is 13.8. The van der Waals surface area contributed by atoms with Crippen LogP contribution in [0, 0.1) is 0 Å². The summed E-state index contributed by atoms with van der Waals surface area (Å²) < 4.78 is 2.18. The van der Waals surface area contributed by atoms with Gasteiger partial charge in [-0.25, -0.2) is 4.57 Å². The van der Waals surface area contributed by atoms with E-state index in [1.165, 1.54) is 52.0 Å². The highest BCUT2D eigenvalue weighted by molar-refractivity contribution is 5.43. The van der Waals surface area contributed by atoms with Gasteiger partial charge in [0.15, 0.2) is 12.4 Å². The Morgan fingerprint density at radius 3 is 0.905 bits per heavy atom. The van der Waals surface area contributed by atoms with Gasteiger partial charge in [0.05, 0.1) is 0 Å². The maximum Gasteiger partial charge on any atom is 0.168 e. The van der Waals surface area contributed by atoms with E-state index in [0.29, 0.717) is 0 Å². The fraction of sp³-hybridized carbons (Fsp3) is 0.417. The molecule has 0 aromatic carbocycles. The average Bonchev–Trinajstić information content (AvgIpc) is 3.76. The molecule has 4 N–H and O–H groups in total. The highest BCUT2D eigenvalue weighted by Gasteiger charge is 2.36. The minimum atomic E-state index is -0.163. The third kappa shape index (κ3) is 5.58. The van der Waals surface area contributed by atoms with Crippen LogP contribution < -0.4 is 21.5 Å². The first-order valence-electron chi connectivity index (χ1n) is 15.0. The summed E-state index contributed by atoms with van der Waals surface area (Å²) in [5, 5.41) is 0. The summed E-state index contributed by atoms with van der Waals surface area (Å²) in [5.41, 5.74) is 9.07. The van der Waals surface area contributed by atoms with Crippen LogP contribution in [0.15, 0.2) is 79.1 Å². The molecular weight excluding hydrogens is 582 g/mol. The quantitative estimate of drug-likeness (QED) is 0.199. The second-order valence-corrected chi connectivity index (χ2v) is 13.8. The molecule has 0 radical (unpaired) electrons. The van der Waals surface area contributed by atoms with Crippen LogP contribution in [-0.4, -0.2) is 19.9 Å². The number of aromatic nitrogens is 5. The Labute approximate surface area is 262 Å². The van der Waals surface area contributed by atoms with Crippen molar-refractivity contribution in [3.63, 3.8) is 0 Å². The molecule has 0 aliphatic carbocycles. The van der Waals surface area contributed by atoms with Crippen LogP contribution >= 0.6 is 0 Å². The van der Waals surface area contributed by atoms with Crippen molar-refractivity contribution < 1.29 is 21.5 Å². The first-order valence-corrected chi connectivity index (χ1v) is 15.0. The number of rotatable bonds is 2. The van der Waals surface area contributed by atoms with Crippen molar-refractivity contribution >= 4 is 0 Å². The monoisotopic (exact) mass is 629 g/mol. The molecule has 0 unspecified atom stereocenters. The van der Waals surface area contributed by atoms with E-state index in [0.717, 1.165) is 6.54 Å². The zero-order chi connectivity index (χ0) is 29.6. The Morgan fingerprint density at radius 1 is 0.452 bits per heavy atom. The second kappa shape index (κ2) is 11.4. The number of nitrogens with zero attached hydrogens (tertiary/aromatic N) is 1. The van der Waals surface area contributed by atoms with Crippen LogP contribution in [0.1, 0.15) is 114 Å². The molecule has 5 aromatic heterocycles. The Kier molecular flexibility index (Phi) is 8.63. The largest absolute Gasteiger partial charge is 1.00 e. The van der Waals surface area contributed by atoms with Crippen molar-refractivity contribution in [3.05, 3.63) is 125 Å². The van der Waals surface area contributed by atoms with Crippen molar-refractivity contribution in [2.75, 3.05) is 0 Å². The summed E-state index contributed by atoms with van der Waals surface area (Å²) in [6.45, 7) is 21.6. The zero-order valence-electron chi connectivity index (χ0n) is 26.7. The molecule has 42 heavy (non-hydrogen) atoms. The van der Waals surface area contributed by atoms with Crippen molar-refractivity contribution in [2.45, 2.75) is 96.9 Å². The van der Waals surface area contributed by atoms with Crippen molar-refractivity contribution in [1.82, 2.24) is 19.9 Å². The van der Waals surface area contributed by atoms with Gasteiger partial charge >= 0.3 is 0 Å². The smallest absolute Gasteiger partial charge is 0.168 e. The van der Waals surface area contributed by atoms with E-state index in [4.69, 9.17) is 0 Å². The number of H-pyrrole nitrogens is 4. The van der Waals surface area contributed by atoms with Crippen LogP contribution in [0.2, 0.25) is 0 Å². The lowest BCUT2D eigenvalue weighted by atomic mass is 9.85. The molecule has 0 saturated carbocycles. The predicted molar refractivity (Wildman–Crippen MR) is 169 cm³/mol. The molecule has 5 nitrogen and oxygen atoms in total. The van der Waals surface area contributed by atoms with E-state index >= 15 is 0 Å². The molecule has 0 fully saturated rings. The summed E-state index contributed by atoms with van der Waals surface area (Å²) in [5.74, 6) is 0. The number of fused-ring (bicyclic) bond motifs is 8.